The normalized spacial score (nSPS) is 50.0. The van der Waals surface area contributed by atoms with E-state index in [0.29, 0.717) is 25.7 Å². The van der Waals surface area contributed by atoms with Crippen molar-refractivity contribution in [2.75, 3.05) is 0 Å². The molecule has 0 aromatic rings. The Morgan fingerprint density at radius 3 is 1.84 bits per heavy atom. The third-order valence-corrected chi connectivity index (χ3v) is 17.2. The third-order valence-electron chi connectivity index (χ3n) is 17.2. The molecule has 6 fully saturated rings. The molecular formula is C42H62Li2NaO16. The third kappa shape index (κ3) is 8.18. The van der Waals surface area contributed by atoms with Crippen LogP contribution in [0.1, 0.15) is 106 Å². The van der Waals surface area contributed by atoms with Crippen molar-refractivity contribution in [1.29, 1.82) is 0 Å². The van der Waals surface area contributed by atoms with Crippen LogP contribution in [-0.4, -0.2) is 199 Å². The molecule has 19 atom stereocenters. The second-order valence-electron chi connectivity index (χ2n) is 20.6. The van der Waals surface area contributed by atoms with Crippen molar-refractivity contribution < 1.29 is 79.0 Å². The number of carbonyl (C=O) groups excluding carboxylic acids is 1. The summed E-state index contributed by atoms with van der Waals surface area (Å²) in [5, 5.41) is 83.1. The number of aliphatic hydroxyl groups is 5. The summed E-state index contributed by atoms with van der Waals surface area (Å²) < 4.78 is 22.8. The van der Waals surface area contributed by atoms with Gasteiger partial charge in [0.15, 0.2) is 30.6 Å². The minimum Gasteiger partial charge on any atom is -0.481 e. The van der Waals surface area contributed by atoms with Crippen LogP contribution in [0.15, 0.2) is 11.6 Å². The number of hydrogen-bond donors (Lipinski definition) is 8. The molecule has 4 saturated carbocycles. The van der Waals surface area contributed by atoms with Crippen molar-refractivity contribution in [2.24, 2.45) is 50.2 Å². The Balaban J connectivity index is 0.00000273. The summed E-state index contributed by atoms with van der Waals surface area (Å²) in [6.45, 7) is 14.9. The Morgan fingerprint density at radius 2 is 1.25 bits per heavy atom. The Hall–Kier alpha value is -0.345. The second kappa shape index (κ2) is 18.0. The standard InChI is InChI=1S/C42H62O16.2Li.Na/c1-37(2)21-8-11-42(7)31(20(43)16-18-19-17-39(4,36(53)54)13-12-38(19,3)14-15-41(18,42)6)40(21,5)10-9-22(37)55-34-27(48)25(46)28(30(58-34)33(51)52)56-35-26(47)23(44)24(45)29(57-35)32(49)50;;;/h16,19,21-31,34-35,44-48H,8-15,17H2,1-7H3,(H,49,50)(H,51,52)(H,53,54);;;. The van der Waals surface area contributed by atoms with Gasteiger partial charge in [-0.1, -0.05) is 47.1 Å². The van der Waals surface area contributed by atoms with E-state index in [4.69, 9.17) is 18.9 Å². The van der Waals surface area contributed by atoms with Gasteiger partial charge in [-0.05, 0) is 110 Å². The first-order valence-corrected chi connectivity index (χ1v) is 20.7. The SMILES string of the molecule is CC1(C(=O)O)CCC2(C)CCC3(C)C(=CC(=O)C4C5(C)CCC(OC6OC(C(=O)O)C(OC7OC(C(=O)O)C(O)C(O)C7O)C(O)C6O)C(C)(C)C5CCC43C)C2C1.[Li].[Li].[Na]. The predicted molar refractivity (Wildman–Crippen MR) is 217 cm³/mol. The minimum atomic E-state index is -2.06. The van der Waals surface area contributed by atoms with Crippen molar-refractivity contribution in [2.45, 2.75) is 174 Å². The van der Waals surface area contributed by atoms with Gasteiger partial charge < -0.3 is 59.8 Å². The fraction of sp³-hybridized carbons (Fsp3) is 0.857. The molecule has 19 heteroatoms. The Labute approximate surface area is 402 Å². The molecule has 7 rings (SSSR count). The van der Waals surface area contributed by atoms with Gasteiger partial charge >= 0.3 is 17.9 Å². The molecule has 61 heavy (non-hydrogen) atoms. The van der Waals surface area contributed by atoms with E-state index in [1.165, 1.54) is 0 Å². The number of carboxylic acids is 3. The molecule has 3 radical (unpaired) electrons. The van der Waals surface area contributed by atoms with E-state index in [-0.39, 0.29) is 102 Å². The summed E-state index contributed by atoms with van der Waals surface area (Å²) in [6, 6.07) is 0. The monoisotopic (exact) mass is 859 g/mol. The summed E-state index contributed by atoms with van der Waals surface area (Å²) in [5.74, 6) is -4.42. The van der Waals surface area contributed by atoms with Crippen LogP contribution in [0.4, 0.5) is 0 Å². The fourth-order valence-corrected chi connectivity index (χ4v) is 13.4. The zero-order valence-electron chi connectivity index (χ0n) is 37.4. The van der Waals surface area contributed by atoms with E-state index in [1.807, 2.05) is 26.8 Å². The van der Waals surface area contributed by atoms with Gasteiger partial charge in [0.05, 0.1) is 11.5 Å². The molecule has 8 N–H and O–H groups in total. The quantitative estimate of drug-likeness (QED) is 0.132. The van der Waals surface area contributed by atoms with Crippen molar-refractivity contribution in [3.63, 3.8) is 0 Å². The van der Waals surface area contributed by atoms with Crippen LogP contribution in [0.5, 0.6) is 0 Å². The molecule has 2 heterocycles. The van der Waals surface area contributed by atoms with E-state index in [2.05, 4.69) is 27.7 Å². The van der Waals surface area contributed by atoms with Crippen molar-refractivity contribution >= 4 is 91.0 Å². The average Bonchev–Trinajstić information content (AvgIpc) is 3.13. The van der Waals surface area contributed by atoms with Crippen LogP contribution in [0.25, 0.3) is 0 Å². The van der Waals surface area contributed by atoms with Crippen LogP contribution in [-0.2, 0) is 38.1 Å². The van der Waals surface area contributed by atoms with E-state index >= 15 is 0 Å². The molecule has 0 amide bonds. The molecule has 5 aliphatic carbocycles. The first kappa shape index (κ1) is 53.3. The van der Waals surface area contributed by atoms with E-state index in [1.54, 1.807) is 0 Å². The number of ketones is 1. The molecular weight excluding hydrogens is 797 g/mol. The molecule has 0 aromatic carbocycles. The summed E-state index contributed by atoms with van der Waals surface area (Å²) in [5.41, 5.74) is -1.63. The predicted octanol–water partition coefficient (Wildman–Crippen LogP) is 1.10. The van der Waals surface area contributed by atoms with Crippen molar-refractivity contribution in [1.82, 2.24) is 0 Å². The van der Waals surface area contributed by atoms with Gasteiger partial charge in [0.1, 0.15) is 36.6 Å². The summed E-state index contributed by atoms with van der Waals surface area (Å²) in [6.07, 6.45) is -12.1. The summed E-state index contributed by atoms with van der Waals surface area (Å²) >= 11 is 0. The number of carboxylic acid groups (broad SMARTS) is 3. The number of allylic oxidation sites excluding steroid dienone is 2. The fourth-order valence-electron chi connectivity index (χ4n) is 13.4. The van der Waals surface area contributed by atoms with Crippen LogP contribution in [0.3, 0.4) is 0 Å². The number of aliphatic hydroxyl groups excluding tert-OH is 5. The summed E-state index contributed by atoms with van der Waals surface area (Å²) in [7, 11) is 0. The second-order valence-corrected chi connectivity index (χ2v) is 20.6. The number of rotatable bonds is 7. The first-order chi connectivity index (χ1) is 26.8. The summed E-state index contributed by atoms with van der Waals surface area (Å²) in [4.78, 5) is 51.4. The average molecular weight is 860 g/mol. The number of carbonyl (C=O) groups is 4. The van der Waals surface area contributed by atoms with E-state index in [0.717, 1.165) is 37.7 Å². The van der Waals surface area contributed by atoms with Gasteiger partial charge in [0, 0.05) is 73.2 Å². The first-order valence-electron chi connectivity index (χ1n) is 20.7. The Bertz CT molecular complexity index is 1750. The van der Waals surface area contributed by atoms with E-state index < -0.39 is 107 Å². The molecule has 0 spiro atoms. The zero-order valence-corrected chi connectivity index (χ0v) is 39.4. The van der Waals surface area contributed by atoms with Crippen LogP contribution >= 0.6 is 0 Å². The molecule has 19 unspecified atom stereocenters. The maximum Gasteiger partial charge on any atom is 0.335 e. The molecule has 0 bridgehead atoms. The zero-order chi connectivity index (χ0) is 42.9. The smallest absolute Gasteiger partial charge is 0.335 e. The largest absolute Gasteiger partial charge is 0.481 e. The molecule has 329 valence electrons. The van der Waals surface area contributed by atoms with Crippen molar-refractivity contribution in [3.8, 4) is 0 Å². The van der Waals surface area contributed by atoms with Crippen molar-refractivity contribution in [3.05, 3.63) is 11.6 Å². The maximum atomic E-state index is 14.8. The number of hydrogen-bond acceptors (Lipinski definition) is 13. The van der Waals surface area contributed by atoms with Gasteiger partial charge in [-0.2, -0.15) is 0 Å². The topological polar surface area (TPSA) is 267 Å². The molecule has 2 aliphatic heterocycles. The van der Waals surface area contributed by atoms with Gasteiger partial charge in [0.25, 0.3) is 0 Å². The van der Waals surface area contributed by atoms with Gasteiger partial charge in [0.2, 0.25) is 0 Å². The van der Waals surface area contributed by atoms with Gasteiger partial charge in [-0.15, -0.1) is 0 Å². The van der Waals surface area contributed by atoms with E-state index in [9.17, 15) is 60.0 Å². The Morgan fingerprint density at radius 1 is 0.689 bits per heavy atom. The van der Waals surface area contributed by atoms with Crippen LogP contribution in [0, 0.1) is 50.2 Å². The van der Waals surface area contributed by atoms with Crippen LogP contribution < -0.4 is 0 Å². The molecule has 2 saturated heterocycles. The molecule has 16 nitrogen and oxygen atoms in total. The maximum absolute atomic E-state index is 14.8. The molecule has 7 aliphatic rings. The van der Waals surface area contributed by atoms with Crippen LogP contribution in [0.2, 0.25) is 0 Å². The number of fused-ring (bicyclic) bond motifs is 7. The Kier molecular flexibility index (Phi) is 15.8. The van der Waals surface area contributed by atoms with Gasteiger partial charge in [-0.25, -0.2) is 9.59 Å². The number of ether oxygens (including phenoxy) is 4. The number of aliphatic carboxylic acids is 3. The van der Waals surface area contributed by atoms with Gasteiger partial charge in [-0.3, -0.25) is 9.59 Å². The minimum absolute atomic E-state index is 0. The molecule has 0 aromatic heterocycles.